The Morgan fingerprint density at radius 2 is 1.82 bits per heavy atom. The second kappa shape index (κ2) is 8.05. The van der Waals surface area contributed by atoms with E-state index in [4.69, 9.17) is 9.47 Å². The number of rotatable bonds is 5. The van der Waals surface area contributed by atoms with Gasteiger partial charge in [0.05, 0.1) is 23.3 Å². The number of carbonyl (C=O) groups is 1. The van der Waals surface area contributed by atoms with Gasteiger partial charge in [-0.25, -0.2) is 8.42 Å². The molecule has 2 aliphatic heterocycles. The minimum absolute atomic E-state index is 0.0162. The molecule has 0 spiro atoms. The zero-order valence-electron chi connectivity index (χ0n) is 15.2. The van der Waals surface area contributed by atoms with Crippen molar-refractivity contribution >= 4 is 33.2 Å². The molecule has 6 nitrogen and oxygen atoms in total. The molecule has 8 heteroatoms. The number of nitrogens with zero attached hydrogens (tertiary/aromatic N) is 1. The van der Waals surface area contributed by atoms with Gasteiger partial charge in [-0.1, -0.05) is 18.2 Å². The zero-order valence-corrected chi connectivity index (χ0v) is 16.9. The molecule has 2 heterocycles. The third-order valence-electron chi connectivity index (χ3n) is 4.75. The van der Waals surface area contributed by atoms with Gasteiger partial charge < -0.3 is 14.4 Å². The number of sulfone groups is 1. The summed E-state index contributed by atoms with van der Waals surface area (Å²) in [4.78, 5) is 15.6. The molecule has 1 amide bonds. The maximum atomic E-state index is 13.1. The van der Waals surface area contributed by atoms with Crippen molar-refractivity contribution in [3.63, 3.8) is 0 Å². The fourth-order valence-corrected chi connectivity index (χ4v) is 5.94. The highest BCUT2D eigenvalue weighted by molar-refractivity contribution is 8.00. The molecule has 0 N–H and O–H groups in total. The van der Waals surface area contributed by atoms with E-state index in [0.29, 0.717) is 31.1 Å². The van der Waals surface area contributed by atoms with Crippen LogP contribution < -0.4 is 14.4 Å². The fourth-order valence-electron chi connectivity index (χ4n) is 3.45. The summed E-state index contributed by atoms with van der Waals surface area (Å²) in [5.41, 5.74) is 0.734. The second-order valence-electron chi connectivity index (χ2n) is 6.75. The minimum atomic E-state index is -3.09. The Balaban J connectivity index is 1.50. The molecule has 0 bridgehead atoms. The van der Waals surface area contributed by atoms with Crippen LogP contribution in [0.3, 0.4) is 0 Å². The Kier molecular flexibility index (Phi) is 5.50. The average Bonchev–Trinajstić information content (AvgIpc) is 3.06. The van der Waals surface area contributed by atoms with Gasteiger partial charge >= 0.3 is 0 Å². The molecule has 0 aromatic heterocycles. The Morgan fingerprint density at radius 3 is 2.54 bits per heavy atom. The van der Waals surface area contributed by atoms with Crippen molar-refractivity contribution in [3.8, 4) is 11.5 Å². The van der Waals surface area contributed by atoms with Crippen molar-refractivity contribution in [1.82, 2.24) is 0 Å². The van der Waals surface area contributed by atoms with E-state index in [1.165, 1.54) is 11.8 Å². The van der Waals surface area contributed by atoms with E-state index >= 15 is 0 Å². The van der Waals surface area contributed by atoms with Gasteiger partial charge in [-0.2, -0.15) is 0 Å². The van der Waals surface area contributed by atoms with Crippen molar-refractivity contribution in [2.75, 3.05) is 35.4 Å². The number of carbonyl (C=O) groups excluding carboxylic acids is 1. The molecule has 2 aromatic rings. The third kappa shape index (κ3) is 4.28. The van der Waals surface area contributed by atoms with Gasteiger partial charge in [0.25, 0.3) is 0 Å². The van der Waals surface area contributed by atoms with Gasteiger partial charge in [-0.05, 0) is 36.8 Å². The summed E-state index contributed by atoms with van der Waals surface area (Å²) in [6.07, 6.45) is 0.470. The number of amides is 1. The predicted molar refractivity (Wildman–Crippen MR) is 109 cm³/mol. The summed E-state index contributed by atoms with van der Waals surface area (Å²) >= 11 is 1.41. The molecule has 1 fully saturated rings. The first kappa shape index (κ1) is 19.1. The highest BCUT2D eigenvalue weighted by Crippen LogP contribution is 2.34. The topological polar surface area (TPSA) is 72.9 Å². The van der Waals surface area contributed by atoms with E-state index < -0.39 is 9.84 Å². The van der Waals surface area contributed by atoms with Crippen LogP contribution in [0.15, 0.2) is 53.4 Å². The number of para-hydroxylation sites is 1. The van der Waals surface area contributed by atoms with E-state index in [2.05, 4.69) is 0 Å². The summed E-state index contributed by atoms with van der Waals surface area (Å²) < 4.78 is 35.0. The van der Waals surface area contributed by atoms with E-state index in [1.807, 2.05) is 48.5 Å². The smallest absolute Gasteiger partial charge is 0.237 e. The predicted octanol–water partition coefficient (Wildman–Crippen LogP) is 2.77. The van der Waals surface area contributed by atoms with Crippen LogP contribution in [0.1, 0.15) is 6.42 Å². The quantitative estimate of drug-likeness (QED) is 0.694. The highest BCUT2D eigenvalue weighted by atomic mass is 32.2. The molecule has 0 aliphatic carbocycles. The number of thioether (sulfide) groups is 1. The van der Waals surface area contributed by atoms with E-state index in [-0.39, 0.29) is 29.2 Å². The molecule has 28 heavy (non-hydrogen) atoms. The second-order valence-corrected chi connectivity index (χ2v) is 10.0. The lowest BCUT2D eigenvalue weighted by Gasteiger charge is -2.28. The summed E-state index contributed by atoms with van der Waals surface area (Å²) in [7, 11) is -3.09. The highest BCUT2D eigenvalue weighted by Gasteiger charge is 2.35. The molecular weight excluding hydrogens is 398 g/mol. The lowest BCUT2D eigenvalue weighted by atomic mass is 10.2. The van der Waals surface area contributed by atoms with E-state index in [1.54, 1.807) is 4.90 Å². The summed E-state index contributed by atoms with van der Waals surface area (Å²) in [5, 5.41) is 0. The lowest BCUT2D eigenvalue weighted by Crippen LogP contribution is -2.42. The van der Waals surface area contributed by atoms with Gasteiger partial charge in [0.1, 0.15) is 13.2 Å². The maximum Gasteiger partial charge on any atom is 0.237 e. The molecule has 0 saturated carbocycles. The monoisotopic (exact) mass is 419 g/mol. The van der Waals surface area contributed by atoms with Crippen LogP contribution in [-0.4, -0.2) is 50.8 Å². The molecule has 0 radical (unpaired) electrons. The van der Waals surface area contributed by atoms with Gasteiger partial charge in [-0.15, -0.1) is 11.8 Å². The van der Waals surface area contributed by atoms with Crippen molar-refractivity contribution < 1.29 is 22.7 Å². The van der Waals surface area contributed by atoms with Crippen LogP contribution in [-0.2, 0) is 14.6 Å². The van der Waals surface area contributed by atoms with E-state index in [0.717, 1.165) is 10.6 Å². The fraction of sp³-hybridized carbons (Fsp3) is 0.350. The Labute approximate surface area is 168 Å². The van der Waals surface area contributed by atoms with Crippen molar-refractivity contribution in [2.24, 2.45) is 0 Å². The normalized spacial score (nSPS) is 19.9. The Bertz CT molecular complexity index is 962. The van der Waals surface area contributed by atoms with Crippen LogP contribution in [0.2, 0.25) is 0 Å². The molecular formula is C20H21NO5S2. The molecule has 2 aromatic carbocycles. The first-order valence-corrected chi connectivity index (χ1v) is 11.9. The van der Waals surface area contributed by atoms with Crippen molar-refractivity contribution in [2.45, 2.75) is 17.4 Å². The van der Waals surface area contributed by atoms with E-state index in [9.17, 15) is 13.2 Å². The van der Waals surface area contributed by atoms with Crippen molar-refractivity contribution in [1.29, 1.82) is 0 Å². The molecule has 4 rings (SSSR count). The van der Waals surface area contributed by atoms with Crippen LogP contribution in [0, 0.1) is 0 Å². The Hall–Kier alpha value is -2.19. The number of ether oxygens (including phenoxy) is 2. The Morgan fingerprint density at radius 1 is 1.07 bits per heavy atom. The van der Waals surface area contributed by atoms with Crippen LogP contribution in [0.5, 0.6) is 11.5 Å². The number of anilines is 1. The minimum Gasteiger partial charge on any atom is -0.486 e. The first-order valence-electron chi connectivity index (χ1n) is 9.12. The average molecular weight is 420 g/mol. The number of hydrogen-bond acceptors (Lipinski definition) is 6. The lowest BCUT2D eigenvalue weighted by molar-refractivity contribution is -0.116. The van der Waals surface area contributed by atoms with Crippen LogP contribution >= 0.6 is 11.8 Å². The maximum absolute atomic E-state index is 13.1. The van der Waals surface area contributed by atoms with Gasteiger partial charge in [-0.3, -0.25) is 4.79 Å². The SMILES string of the molecule is O=C(CSc1ccc2c(c1)OCCO2)N(c1ccccc1)[C@H]1CCS(=O)(=O)C1. The molecule has 1 saturated heterocycles. The van der Waals surface area contributed by atoms with Gasteiger partial charge in [0.15, 0.2) is 21.3 Å². The van der Waals surface area contributed by atoms with Gasteiger partial charge in [0.2, 0.25) is 5.91 Å². The standard InChI is InChI=1S/C20H21NO5S2/c22-20(13-27-17-6-7-18-19(12-17)26-10-9-25-18)21(15-4-2-1-3-5-15)16-8-11-28(23,24)14-16/h1-7,12,16H,8-11,13-14H2/t16-/m0/s1. The first-order chi connectivity index (χ1) is 13.5. The van der Waals surface area contributed by atoms with Gasteiger partial charge in [0, 0.05) is 10.6 Å². The third-order valence-corrected chi connectivity index (χ3v) is 7.48. The summed E-state index contributed by atoms with van der Waals surface area (Å²) in [6.45, 7) is 1.05. The number of benzene rings is 2. The molecule has 1 atom stereocenters. The molecule has 2 aliphatic rings. The molecule has 0 unspecified atom stereocenters. The zero-order chi connectivity index (χ0) is 19.6. The summed E-state index contributed by atoms with van der Waals surface area (Å²) in [5.74, 6) is 1.65. The number of hydrogen-bond donors (Lipinski definition) is 0. The number of fused-ring (bicyclic) bond motifs is 1. The van der Waals surface area contributed by atoms with Crippen molar-refractivity contribution in [3.05, 3.63) is 48.5 Å². The van der Waals surface area contributed by atoms with Crippen LogP contribution in [0.4, 0.5) is 5.69 Å². The largest absolute Gasteiger partial charge is 0.486 e. The van der Waals surface area contributed by atoms with Crippen LogP contribution in [0.25, 0.3) is 0 Å². The molecule has 148 valence electrons. The summed E-state index contributed by atoms with van der Waals surface area (Å²) in [6, 6.07) is 14.6.